The number of aryl methyl sites for hydroxylation is 1. The van der Waals surface area contributed by atoms with Gasteiger partial charge in [-0.05, 0) is 73.6 Å². The maximum Gasteiger partial charge on any atom is 0.125 e. The number of halogens is 1. The number of rotatable bonds is 3. The molecule has 1 aromatic carbocycles. The van der Waals surface area contributed by atoms with E-state index >= 15 is 0 Å². The second kappa shape index (κ2) is 6.15. The molecule has 0 saturated heterocycles. The minimum Gasteiger partial charge on any atom is -0.385 e. The monoisotopic (exact) mass is 277 g/mol. The van der Waals surface area contributed by atoms with Crippen LogP contribution in [0, 0.1) is 30.0 Å². The molecule has 20 heavy (non-hydrogen) atoms. The fraction of sp³-hybridized carbons (Fsp3) is 0.667. The minimum atomic E-state index is -0.149. The average Bonchev–Trinajstić information content (AvgIpc) is 2.35. The lowest BCUT2D eigenvalue weighted by Crippen LogP contribution is -2.28. The Balaban J connectivity index is 1.81. The van der Waals surface area contributed by atoms with Gasteiger partial charge in [0, 0.05) is 12.2 Å². The molecule has 1 aliphatic rings. The van der Waals surface area contributed by atoms with Crippen LogP contribution in [0.15, 0.2) is 18.2 Å². The first-order chi connectivity index (χ1) is 9.34. The van der Waals surface area contributed by atoms with Gasteiger partial charge >= 0.3 is 0 Å². The molecule has 1 saturated carbocycles. The normalized spacial score (nSPS) is 23.6. The summed E-state index contributed by atoms with van der Waals surface area (Å²) >= 11 is 0. The van der Waals surface area contributed by atoms with Crippen LogP contribution in [0.25, 0.3) is 0 Å². The number of hydrogen-bond donors (Lipinski definition) is 1. The molecule has 1 nitrogen and oxygen atoms in total. The smallest absolute Gasteiger partial charge is 0.125 e. The molecule has 1 fully saturated rings. The van der Waals surface area contributed by atoms with Crippen molar-refractivity contribution in [2.75, 3.05) is 11.9 Å². The first kappa shape index (κ1) is 15.3. The SMILES string of the molecule is Cc1cc(F)cc(NCC2CCC(C(C)(C)C)CC2)c1. The molecule has 0 unspecified atom stereocenters. The van der Waals surface area contributed by atoms with Crippen molar-refractivity contribution in [2.45, 2.75) is 53.4 Å². The highest BCUT2D eigenvalue weighted by Gasteiger charge is 2.29. The molecule has 2 heteroatoms. The van der Waals surface area contributed by atoms with E-state index in [1.165, 1.54) is 25.7 Å². The molecule has 0 aliphatic heterocycles. The lowest BCUT2D eigenvalue weighted by molar-refractivity contribution is 0.153. The standard InChI is InChI=1S/C18H28FN/c1-13-9-16(19)11-17(10-13)20-12-14-5-7-15(8-6-14)18(2,3)4/h9-11,14-15,20H,5-8,12H2,1-4H3. The van der Waals surface area contributed by atoms with Crippen molar-refractivity contribution >= 4 is 5.69 Å². The van der Waals surface area contributed by atoms with E-state index in [9.17, 15) is 4.39 Å². The quantitative estimate of drug-likeness (QED) is 0.780. The number of hydrogen-bond acceptors (Lipinski definition) is 1. The zero-order valence-corrected chi connectivity index (χ0v) is 13.3. The summed E-state index contributed by atoms with van der Waals surface area (Å²) in [5.74, 6) is 1.44. The van der Waals surface area contributed by atoms with Crippen molar-refractivity contribution in [3.8, 4) is 0 Å². The highest BCUT2D eigenvalue weighted by Crippen LogP contribution is 2.39. The van der Waals surface area contributed by atoms with Crippen molar-refractivity contribution in [3.63, 3.8) is 0 Å². The summed E-state index contributed by atoms with van der Waals surface area (Å²) in [5, 5.41) is 3.41. The van der Waals surface area contributed by atoms with Gasteiger partial charge in [-0.1, -0.05) is 20.8 Å². The lowest BCUT2D eigenvalue weighted by atomic mass is 9.70. The third-order valence-electron chi connectivity index (χ3n) is 4.71. The summed E-state index contributed by atoms with van der Waals surface area (Å²) in [6.07, 6.45) is 5.25. The molecule has 0 heterocycles. The van der Waals surface area contributed by atoms with E-state index in [4.69, 9.17) is 0 Å². The van der Waals surface area contributed by atoms with Gasteiger partial charge in [0.05, 0.1) is 0 Å². The average molecular weight is 277 g/mol. The zero-order valence-electron chi connectivity index (χ0n) is 13.3. The molecular weight excluding hydrogens is 249 g/mol. The van der Waals surface area contributed by atoms with Gasteiger partial charge < -0.3 is 5.32 Å². The fourth-order valence-electron chi connectivity index (χ4n) is 3.33. The molecule has 1 N–H and O–H groups in total. The van der Waals surface area contributed by atoms with Crippen molar-refractivity contribution in [3.05, 3.63) is 29.6 Å². The van der Waals surface area contributed by atoms with Crippen LogP contribution >= 0.6 is 0 Å². The van der Waals surface area contributed by atoms with Gasteiger partial charge in [-0.15, -0.1) is 0 Å². The van der Waals surface area contributed by atoms with Crippen LogP contribution in [0.2, 0.25) is 0 Å². The Bertz CT molecular complexity index is 419. The van der Waals surface area contributed by atoms with Crippen LogP contribution in [0.4, 0.5) is 10.1 Å². The molecule has 112 valence electrons. The van der Waals surface area contributed by atoms with Gasteiger partial charge in [-0.3, -0.25) is 0 Å². The van der Waals surface area contributed by atoms with E-state index < -0.39 is 0 Å². The van der Waals surface area contributed by atoms with Crippen LogP contribution in [0.5, 0.6) is 0 Å². The molecular formula is C18H28FN. The van der Waals surface area contributed by atoms with Crippen LogP contribution in [0.1, 0.15) is 52.0 Å². The van der Waals surface area contributed by atoms with E-state index in [-0.39, 0.29) is 5.82 Å². The molecule has 0 bridgehead atoms. The van der Waals surface area contributed by atoms with Crippen molar-refractivity contribution in [2.24, 2.45) is 17.3 Å². The van der Waals surface area contributed by atoms with Gasteiger partial charge in [0.15, 0.2) is 0 Å². The zero-order chi connectivity index (χ0) is 14.8. The minimum absolute atomic E-state index is 0.149. The van der Waals surface area contributed by atoms with E-state index in [1.807, 2.05) is 13.0 Å². The molecule has 0 amide bonds. The predicted molar refractivity (Wildman–Crippen MR) is 84.5 cm³/mol. The Morgan fingerprint density at radius 2 is 1.75 bits per heavy atom. The molecule has 1 aliphatic carbocycles. The van der Waals surface area contributed by atoms with Gasteiger partial charge in [0.1, 0.15) is 5.82 Å². The summed E-state index contributed by atoms with van der Waals surface area (Å²) < 4.78 is 13.3. The summed E-state index contributed by atoms with van der Waals surface area (Å²) in [7, 11) is 0. The molecule has 0 aromatic heterocycles. The summed E-state index contributed by atoms with van der Waals surface area (Å²) in [6, 6.07) is 5.18. The maximum atomic E-state index is 13.3. The lowest BCUT2D eigenvalue weighted by Gasteiger charge is -2.37. The number of anilines is 1. The van der Waals surface area contributed by atoms with Crippen LogP contribution < -0.4 is 5.32 Å². The molecule has 0 radical (unpaired) electrons. The Labute approximate surface area is 123 Å². The molecule has 1 aromatic rings. The first-order valence-corrected chi connectivity index (χ1v) is 7.85. The Morgan fingerprint density at radius 3 is 2.30 bits per heavy atom. The van der Waals surface area contributed by atoms with Gasteiger partial charge in [0.2, 0.25) is 0 Å². The second-order valence-corrected chi connectivity index (χ2v) is 7.48. The van der Waals surface area contributed by atoms with Crippen molar-refractivity contribution in [1.82, 2.24) is 0 Å². The third kappa shape index (κ3) is 4.22. The first-order valence-electron chi connectivity index (χ1n) is 7.85. The number of benzene rings is 1. The molecule has 0 atom stereocenters. The highest BCUT2D eigenvalue weighted by molar-refractivity contribution is 5.45. The van der Waals surface area contributed by atoms with Gasteiger partial charge in [0.25, 0.3) is 0 Å². The fourth-order valence-corrected chi connectivity index (χ4v) is 3.33. The summed E-state index contributed by atoms with van der Waals surface area (Å²) in [6.45, 7) is 9.96. The second-order valence-electron chi connectivity index (χ2n) is 7.48. The Morgan fingerprint density at radius 1 is 1.10 bits per heavy atom. The van der Waals surface area contributed by atoms with E-state index in [2.05, 4.69) is 26.1 Å². The van der Waals surface area contributed by atoms with Crippen LogP contribution in [-0.2, 0) is 0 Å². The predicted octanol–water partition coefficient (Wildman–Crippen LogP) is 5.40. The molecule has 0 spiro atoms. The van der Waals surface area contributed by atoms with Crippen molar-refractivity contribution in [1.29, 1.82) is 0 Å². The van der Waals surface area contributed by atoms with E-state index in [0.717, 1.165) is 29.6 Å². The number of nitrogens with one attached hydrogen (secondary N) is 1. The molecule has 2 rings (SSSR count). The Kier molecular flexibility index (Phi) is 4.72. The van der Waals surface area contributed by atoms with Crippen LogP contribution in [0.3, 0.4) is 0 Å². The van der Waals surface area contributed by atoms with Gasteiger partial charge in [-0.2, -0.15) is 0 Å². The van der Waals surface area contributed by atoms with Crippen LogP contribution in [-0.4, -0.2) is 6.54 Å². The summed E-state index contributed by atoms with van der Waals surface area (Å²) in [4.78, 5) is 0. The van der Waals surface area contributed by atoms with Crippen molar-refractivity contribution < 1.29 is 4.39 Å². The van der Waals surface area contributed by atoms with Gasteiger partial charge in [-0.25, -0.2) is 4.39 Å². The topological polar surface area (TPSA) is 12.0 Å². The third-order valence-corrected chi connectivity index (χ3v) is 4.71. The summed E-state index contributed by atoms with van der Waals surface area (Å²) in [5.41, 5.74) is 2.34. The maximum absolute atomic E-state index is 13.3. The van der Waals surface area contributed by atoms with E-state index in [0.29, 0.717) is 5.41 Å². The largest absolute Gasteiger partial charge is 0.385 e. The van der Waals surface area contributed by atoms with E-state index in [1.54, 1.807) is 12.1 Å². The Hall–Kier alpha value is -1.05. The highest BCUT2D eigenvalue weighted by atomic mass is 19.1.